The van der Waals surface area contributed by atoms with E-state index in [0.29, 0.717) is 13.0 Å². The summed E-state index contributed by atoms with van der Waals surface area (Å²) in [6.07, 6.45) is 3.77. The minimum Gasteiger partial charge on any atom is -0.480 e. The molecule has 0 bridgehead atoms. The Kier molecular flexibility index (Phi) is 6.01. The van der Waals surface area contributed by atoms with Crippen molar-refractivity contribution < 1.29 is 14.7 Å². The van der Waals surface area contributed by atoms with E-state index in [4.69, 9.17) is 0 Å². The third-order valence-electron chi connectivity index (χ3n) is 4.41. The van der Waals surface area contributed by atoms with Gasteiger partial charge >= 0.3 is 12.0 Å². The molecule has 1 atom stereocenters. The zero-order valence-electron chi connectivity index (χ0n) is 13.8. The highest BCUT2D eigenvalue weighted by Gasteiger charge is 2.41. The number of carbonyl (C=O) groups is 2. The average molecular weight is 299 g/mol. The first-order valence-corrected chi connectivity index (χ1v) is 7.60. The molecule has 2 amide bonds. The number of carboxylic acids is 1. The summed E-state index contributed by atoms with van der Waals surface area (Å²) in [7, 11) is 5.79. The van der Waals surface area contributed by atoms with Crippen molar-refractivity contribution in [1.82, 2.24) is 15.1 Å². The minimum absolute atomic E-state index is 0.0445. The zero-order valence-corrected chi connectivity index (χ0v) is 13.8. The lowest BCUT2D eigenvalue weighted by Gasteiger charge is -2.49. The first-order valence-electron chi connectivity index (χ1n) is 7.60. The van der Waals surface area contributed by atoms with Crippen LogP contribution in [0.4, 0.5) is 4.79 Å². The molecular formula is C15H29N3O3. The molecule has 0 aromatic rings. The molecule has 1 fully saturated rings. The Bertz CT molecular complexity index is 378. The van der Waals surface area contributed by atoms with E-state index in [0.717, 1.165) is 12.8 Å². The molecular weight excluding hydrogens is 270 g/mol. The lowest BCUT2D eigenvalue weighted by molar-refractivity contribution is -0.139. The highest BCUT2D eigenvalue weighted by atomic mass is 16.4. The number of aliphatic carboxylic acids is 1. The van der Waals surface area contributed by atoms with Crippen LogP contribution >= 0.6 is 0 Å². The maximum atomic E-state index is 12.2. The van der Waals surface area contributed by atoms with Crippen LogP contribution in [-0.4, -0.2) is 66.2 Å². The van der Waals surface area contributed by atoms with Crippen molar-refractivity contribution >= 4 is 12.0 Å². The summed E-state index contributed by atoms with van der Waals surface area (Å²) < 4.78 is 0. The van der Waals surface area contributed by atoms with Gasteiger partial charge in [0.25, 0.3) is 0 Å². The van der Waals surface area contributed by atoms with Crippen molar-refractivity contribution in [3.63, 3.8) is 0 Å². The average Bonchev–Trinajstić information content (AvgIpc) is 2.31. The van der Waals surface area contributed by atoms with Crippen molar-refractivity contribution in [2.24, 2.45) is 5.92 Å². The number of hydrogen-bond donors (Lipinski definition) is 2. The Morgan fingerprint density at radius 2 is 1.81 bits per heavy atom. The van der Waals surface area contributed by atoms with Crippen LogP contribution in [0.25, 0.3) is 0 Å². The Labute approximate surface area is 127 Å². The number of nitrogens with zero attached hydrogens (tertiary/aromatic N) is 2. The van der Waals surface area contributed by atoms with Gasteiger partial charge in [-0.15, -0.1) is 0 Å². The van der Waals surface area contributed by atoms with Gasteiger partial charge in [-0.2, -0.15) is 0 Å². The standard InChI is InChI=1S/C15H29N3O3/c1-11(2)9-12(13(19)20)16-14(21)18(5)10-15(17(3)4)7-6-8-15/h11-12H,6-10H2,1-5H3,(H,16,21)(H,19,20)/t12-/m0/s1. The zero-order chi connectivity index (χ0) is 16.2. The Morgan fingerprint density at radius 1 is 1.24 bits per heavy atom. The molecule has 6 heteroatoms. The van der Waals surface area contributed by atoms with Crippen LogP contribution in [0.1, 0.15) is 39.5 Å². The van der Waals surface area contributed by atoms with Crippen LogP contribution in [0.15, 0.2) is 0 Å². The lowest BCUT2D eigenvalue weighted by Crippen LogP contribution is -2.59. The lowest BCUT2D eigenvalue weighted by atomic mass is 9.75. The molecule has 0 radical (unpaired) electrons. The number of urea groups is 1. The highest BCUT2D eigenvalue weighted by Crippen LogP contribution is 2.36. The van der Waals surface area contributed by atoms with Gasteiger partial charge in [-0.05, 0) is 45.7 Å². The van der Waals surface area contributed by atoms with Crippen LogP contribution in [-0.2, 0) is 4.79 Å². The third-order valence-corrected chi connectivity index (χ3v) is 4.41. The SMILES string of the molecule is CC(C)C[C@H](NC(=O)N(C)CC1(N(C)C)CCC1)C(=O)O. The van der Waals surface area contributed by atoms with E-state index in [1.54, 1.807) is 11.9 Å². The molecule has 2 N–H and O–H groups in total. The van der Waals surface area contributed by atoms with Gasteiger partial charge in [0.2, 0.25) is 0 Å². The first-order chi connectivity index (χ1) is 9.68. The maximum absolute atomic E-state index is 12.2. The van der Waals surface area contributed by atoms with Crippen molar-refractivity contribution in [3.8, 4) is 0 Å². The molecule has 0 aromatic heterocycles. The molecule has 0 spiro atoms. The van der Waals surface area contributed by atoms with Crippen molar-refractivity contribution in [3.05, 3.63) is 0 Å². The summed E-state index contributed by atoms with van der Waals surface area (Å²) in [5.41, 5.74) is 0.0445. The summed E-state index contributed by atoms with van der Waals surface area (Å²) in [4.78, 5) is 27.2. The molecule has 0 aliphatic heterocycles. The van der Waals surface area contributed by atoms with Crippen LogP contribution in [0.3, 0.4) is 0 Å². The molecule has 1 rings (SSSR count). The summed E-state index contributed by atoms with van der Waals surface area (Å²) in [6, 6.07) is -1.13. The molecule has 1 saturated carbocycles. The van der Waals surface area contributed by atoms with Gasteiger partial charge in [0.1, 0.15) is 6.04 Å². The number of rotatable bonds is 7. The predicted octanol–water partition coefficient (Wildman–Crippen LogP) is 1.61. The third kappa shape index (κ3) is 4.59. The molecule has 1 aliphatic carbocycles. The summed E-state index contributed by atoms with van der Waals surface area (Å²) in [5, 5.41) is 11.8. The monoisotopic (exact) mass is 299 g/mol. The van der Waals surface area contributed by atoms with Crippen LogP contribution in [0.2, 0.25) is 0 Å². The Balaban J connectivity index is 2.59. The number of nitrogens with one attached hydrogen (secondary N) is 1. The highest BCUT2D eigenvalue weighted by molar-refractivity contribution is 5.82. The van der Waals surface area contributed by atoms with E-state index in [-0.39, 0.29) is 17.5 Å². The van der Waals surface area contributed by atoms with Crippen molar-refractivity contribution in [2.75, 3.05) is 27.7 Å². The summed E-state index contributed by atoms with van der Waals surface area (Å²) in [5.74, 6) is -0.757. The maximum Gasteiger partial charge on any atom is 0.326 e. The van der Waals surface area contributed by atoms with Gasteiger partial charge in [-0.3, -0.25) is 0 Å². The molecule has 0 saturated heterocycles. The fourth-order valence-corrected chi connectivity index (χ4v) is 2.80. The predicted molar refractivity (Wildman–Crippen MR) is 82.3 cm³/mol. The molecule has 122 valence electrons. The first kappa shape index (κ1) is 17.8. The van der Waals surface area contributed by atoms with E-state index in [9.17, 15) is 14.7 Å². The molecule has 6 nitrogen and oxygen atoms in total. The van der Waals surface area contributed by atoms with Gasteiger partial charge in [0.05, 0.1) is 0 Å². The van der Waals surface area contributed by atoms with Gasteiger partial charge in [-0.25, -0.2) is 9.59 Å². The normalized spacial score (nSPS) is 18.2. The van der Waals surface area contributed by atoms with Crippen LogP contribution in [0, 0.1) is 5.92 Å². The van der Waals surface area contributed by atoms with Gasteiger partial charge in [0, 0.05) is 19.1 Å². The second-order valence-electron chi connectivity index (χ2n) is 6.80. The molecule has 0 aromatic carbocycles. The Morgan fingerprint density at radius 3 is 2.14 bits per heavy atom. The topological polar surface area (TPSA) is 72.9 Å². The molecule has 0 unspecified atom stereocenters. The number of likely N-dealkylation sites (N-methyl/N-ethyl adjacent to an activating group) is 2. The summed E-state index contributed by atoms with van der Waals surface area (Å²) >= 11 is 0. The smallest absolute Gasteiger partial charge is 0.326 e. The van der Waals surface area contributed by atoms with E-state index >= 15 is 0 Å². The largest absolute Gasteiger partial charge is 0.480 e. The van der Waals surface area contributed by atoms with Gasteiger partial charge in [0.15, 0.2) is 0 Å². The molecule has 0 heterocycles. The van der Waals surface area contributed by atoms with Crippen molar-refractivity contribution in [2.45, 2.75) is 51.1 Å². The van der Waals surface area contributed by atoms with Crippen LogP contribution < -0.4 is 5.32 Å². The number of hydrogen-bond acceptors (Lipinski definition) is 3. The van der Waals surface area contributed by atoms with Crippen molar-refractivity contribution in [1.29, 1.82) is 0 Å². The van der Waals surface area contributed by atoms with E-state index < -0.39 is 12.0 Å². The second kappa shape index (κ2) is 7.11. The number of carboxylic acid groups (broad SMARTS) is 1. The van der Waals surface area contributed by atoms with E-state index in [1.807, 2.05) is 27.9 Å². The fraction of sp³-hybridized carbons (Fsp3) is 0.867. The fourth-order valence-electron chi connectivity index (χ4n) is 2.80. The number of carbonyl (C=O) groups excluding carboxylic acids is 1. The van der Waals surface area contributed by atoms with E-state index in [1.165, 1.54) is 6.42 Å². The molecule has 1 aliphatic rings. The number of amides is 2. The van der Waals surface area contributed by atoms with Gasteiger partial charge < -0.3 is 20.2 Å². The minimum atomic E-state index is -0.976. The summed E-state index contributed by atoms with van der Waals surface area (Å²) in [6.45, 7) is 4.52. The quantitative estimate of drug-likeness (QED) is 0.749. The van der Waals surface area contributed by atoms with Crippen LogP contribution in [0.5, 0.6) is 0 Å². The Hall–Kier alpha value is -1.30. The molecule has 21 heavy (non-hydrogen) atoms. The second-order valence-corrected chi connectivity index (χ2v) is 6.80. The van der Waals surface area contributed by atoms with Gasteiger partial charge in [-0.1, -0.05) is 13.8 Å². The van der Waals surface area contributed by atoms with E-state index in [2.05, 4.69) is 10.2 Å².